The van der Waals surface area contributed by atoms with Gasteiger partial charge in [0.25, 0.3) is 0 Å². The van der Waals surface area contributed by atoms with Gasteiger partial charge in [-0.2, -0.15) is 16.4 Å². The lowest BCUT2D eigenvalue weighted by atomic mass is 10.1. The third-order valence-electron chi connectivity index (χ3n) is 4.06. The molecule has 0 unspecified atom stereocenters. The summed E-state index contributed by atoms with van der Waals surface area (Å²) in [5.74, 6) is 1.05. The molecular formula is C17H15Cl2N3S. The first-order valence-electron chi connectivity index (χ1n) is 7.58. The number of nitrogens with zero attached hydrogens (tertiary/aromatic N) is 2. The molecule has 0 saturated heterocycles. The lowest BCUT2D eigenvalue weighted by molar-refractivity contribution is 0.780. The summed E-state index contributed by atoms with van der Waals surface area (Å²) >= 11 is 14.1. The molecule has 1 aliphatic heterocycles. The van der Waals surface area contributed by atoms with E-state index in [-0.39, 0.29) is 0 Å². The third kappa shape index (κ3) is 2.75. The number of halogens is 2. The van der Waals surface area contributed by atoms with Gasteiger partial charge in [-0.3, -0.25) is 0 Å². The van der Waals surface area contributed by atoms with Crippen molar-refractivity contribution < 1.29 is 0 Å². The zero-order chi connectivity index (χ0) is 15.8. The first-order chi connectivity index (χ1) is 11.2. The summed E-state index contributed by atoms with van der Waals surface area (Å²) in [7, 11) is 0. The minimum Gasteiger partial charge on any atom is -0.370 e. The molecule has 0 saturated carbocycles. The second-order valence-electron chi connectivity index (χ2n) is 5.58. The summed E-state index contributed by atoms with van der Waals surface area (Å²) in [6.07, 6.45) is 3.35. The molecule has 2 aromatic heterocycles. The quantitative estimate of drug-likeness (QED) is 0.636. The summed E-state index contributed by atoms with van der Waals surface area (Å²) < 4.78 is 1.92. The first kappa shape index (κ1) is 15.1. The highest BCUT2D eigenvalue weighted by Crippen LogP contribution is 2.36. The molecule has 0 bridgehead atoms. The third-order valence-corrected chi connectivity index (χ3v) is 5.28. The Hall–Kier alpha value is -1.49. The number of anilines is 1. The minimum atomic E-state index is 0.603. The summed E-state index contributed by atoms with van der Waals surface area (Å²) in [5, 5.41) is 13.9. The fourth-order valence-corrected chi connectivity index (χ4v) is 4.09. The van der Waals surface area contributed by atoms with Crippen molar-refractivity contribution in [3.63, 3.8) is 0 Å². The number of benzene rings is 1. The van der Waals surface area contributed by atoms with Crippen LogP contribution in [0.2, 0.25) is 10.0 Å². The van der Waals surface area contributed by atoms with Crippen molar-refractivity contribution in [2.45, 2.75) is 19.3 Å². The monoisotopic (exact) mass is 363 g/mol. The van der Waals surface area contributed by atoms with Gasteiger partial charge in [0, 0.05) is 28.1 Å². The maximum Gasteiger partial charge on any atom is 0.133 e. The summed E-state index contributed by atoms with van der Waals surface area (Å²) in [4.78, 5) is 0. The summed E-state index contributed by atoms with van der Waals surface area (Å²) in [6, 6.07) is 7.64. The average molecular weight is 364 g/mol. The van der Waals surface area contributed by atoms with E-state index in [9.17, 15) is 0 Å². The zero-order valence-electron chi connectivity index (χ0n) is 12.4. The van der Waals surface area contributed by atoms with Gasteiger partial charge in [0.1, 0.15) is 5.82 Å². The fraction of sp³-hybridized carbons (Fsp3) is 0.235. The minimum absolute atomic E-state index is 0.603. The van der Waals surface area contributed by atoms with E-state index in [1.54, 1.807) is 17.4 Å². The van der Waals surface area contributed by atoms with Gasteiger partial charge in [0.15, 0.2) is 0 Å². The number of thiophene rings is 1. The van der Waals surface area contributed by atoms with E-state index in [1.165, 1.54) is 11.1 Å². The Labute approximate surface area is 148 Å². The van der Waals surface area contributed by atoms with Crippen LogP contribution in [0.5, 0.6) is 0 Å². The van der Waals surface area contributed by atoms with Crippen LogP contribution >= 0.6 is 34.5 Å². The van der Waals surface area contributed by atoms with Crippen molar-refractivity contribution in [3.05, 3.63) is 50.6 Å². The average Bonchev–Trinajstić information content (AvgIpc) is 3.10. The second-order valence-corrected chi connectivity index (χ2v) is 7.20. The highest BCUT2D eigenvalue weighted by atomic mass is 35.5. The Morgan fingerprint density at radius 3 is 2.87 bits per heavy atom. The van der Waals surface area contributed by atoms with Crippen LogP contribution in [0.4, 0.5) is 5.82 Å². The lowest BCUT2D eigenvalue weighted by Gasteiger charge is -2.10. The van der Waals surface area contributed by atoms with Gasteiger partial charge in [-0.05, 0) is 48.9 Å². The molecule has 0 atom stereocenters. The number of hydrogen-bond acceptors (Lipinski definition) is 3. The summed E-state index contributed by atoms with van der Waals surface area (Å²) in [5.41, 5.74) is 4.33. The largest absolute Gasteiger partial charge is 0.370 e. The number of hydrogen-bond donors (Lipinski definition) is 1. The lowest BCUT2D eigenvalue weighted by Crippen LogP contribution is -2.07. The molecule has 118 valence electrons. The van der Waals surface area contributed by atoms with Gasteiger partial charge < -0.3 is 5.32 Å². The van der Waals surface area contributed by atoms with Gasteiger partial charge in [-0.1, -0.05) is 23.2 Å². The summed E-state index contributed by atoms with van der Waals surface area (Å²) in [6.45, 7) is 0.951. The Balaban J connectivity index is 1.93. The number of rotatable bonds is 2. The molecule has 3 heterocycles. The second kappa shape index (κ2) is 6.19. The Morgan fingerprint density at radius 1 is 1.17 bits per heavy atom. The van der Waals surface area contributed by atoms with Crippen LogP contribution in [0.25, 0.3) is 16.9 Å². The molecule has 4 rings (SSSR count). The van der Waals surface area contributed by atoms with E-state index in [0.717, 1.165) is 43.0 Å². The SMILES string of the molecule is Clc1ccc(-n2nc(-c3ccsc3)c3c2NCCCC3)c(Cl)c1. The topological polar surface area (TPSA) is 29.9 Å². The Kier molecular flexibility index (Phi) is 4.05. The molecule has 0 radical (unpaired) electrons. The zero-order valence-corrected chi connectivity index (χ0v) is 14.7. The molecule has 0 amide bonds. The molecule has 0 fully saturated rings. The van der Waals surface area contributed by atoms with E-state index in [2.05, 4.69) is 22.1 Å². The Morgan fingerprint density at radius 2 is 2.09 bits per heavy atom. The molecular weight excluding hydrogens is 349 g/mol. The smallest absolute Gasteiger partial charge is 0.133 e. The highest BCUT2D eigenvalue weighted by Gasteiger charge is 2.22. The number of fused-ring (bicyclic) bond motifs is 1. The molecule has 23 heavy (non-hydrogen) atoms. The van der Waals surface area contributed by atoms with Crippen LogP contribution < -0.4 is 5.32 Å². The van der Waals surface area contributed by atoms with Crippen LogP contribution in [0.3, 0.4) is 0 Å². The van der Waals surface area contributed by atoms with E-state index >= 15 is 0 Å². The molecule has 0 aliphatic carbocycles. The van der Waals surface area contributed by atoms with Gasteiger partial charge in [-0.15, -0.1) is 0 Å². The molecule has 6 heteroatoms. The predicted octanol–water partition coefficient (Wildman–Crippen LogP) is 5.66. The maximum atomic E-state index is 6.41. The molecule has 3 aromatic rings. The van der Waals surface area contributed by atoms with Crippen LogP contribution in [-0.2, 0) is 6.42 Å². The normalized spacial score (nSPS) is 14.2. The van der Waals surface area contributed by atoms with Gasteiger partial charge >= 0.3 is 0 Å². The van der Waals surface area contributed by atoms with Gasteiger partial charge in [0.05, 0.1) is 16.4 Å². The fourth-order valence-electron chi connectivity index (χ4n) is 2.96. The van der Waals surface area contributed by atoms with Gasteiger partial charge in [-0.25, -0.2) is 4.68 Å². The predicted molar refractivity (Wildman–Crippen MR) is 98.3 cm³/mol. The van der Waals surface area contributed by atoms with Crippen molar-refractivity contribution in [1.82, 2.24) is 9.78 Å². The van der Waals surface area contributed by atoms with E-state index in [4.69, 9.17) is 28.3 Å². The molecule has 1 aliphatic rings. The molecule has 3 nitrogen and oxygen atoms in total. The Bertz CT molecular complexity index is 840. The first-order valence-corrected chi connectivity index (χ1v) is 9.27. The number of aromatic nitrogens is 2. The van der Waals surface area contributed by atoms with E-state index in [1.807, 2.05) is 16.8 Å². The molecule has 1 aromatic carbocycles. The standard InChI is InChI=1S/C17H15Cl2N3S/c18-12-4-5-15(14(19)9-12)22-17-13(3-1-2-7-20-17)16(21-22)11-6-8-23-10-11/h4-6,8-10,20H,1-3,7H2. The highest BCUT2D eigenvalue weighted by molar-refractivity contribution is 7.08. The van der Waals surface area contributed by atoms with Crippen LogP contribution in [0.1, 0.15) is 18.4 Å². The molecule has 0 spiro atoms. The van der Waals surface area contributed by atoms with Crippen molar-refractivity contribution in [3.8, 4) is 16.9 Å². The van der Waals surface area contributed by atoms with Crippen molar-refractivity contribution in [1.29, 1.82) is 0 Å². The van der Waals surface area contributed by atoms with E-state index < -0.39 is 0 Å². The van der Waals surface area contributed by atoms with Gasteiger partial charge in [0.2, 0.25) is 0 Å². The maximum absolute atomic E-state index is 6.41. The van der Waals surface area contributed by atoms with Crippen LogP contribution in [-0.4, -0.2) is 16.3 Å². The van der Waals surface area contributed by atoms with E-state index in [0.29, 0.717) is 10.0 Å². The van der Waals surface area contributed by atoms with Crippen LogP contribution in [0, 0.1) is 0 Å². The number of nitrogens with one attached hydrogen (secondary N) is 1. The molecule has 1 N–H and O–H groups in total. The van der Waals surface area contributed by atoms with Crippen molar-refractivity contribution in [2.24, 2.45) is 0 Å². The van der Waals surface area contributed by atoms with Crippen molar-refractivity contribution >= 4 is 40.4 Å². The van der Waals surface area contributed by atoms with Crippen LogP contribution in [0.15, 0.2) is 35.0 Å². The van der Waals surface area contributed by atoms with Crippen molar-refractivity contribution in [2.75, 3.05) is 11.9 Å².